The average Bonchev–Trinajstić information content (AvgIpc) is 2.61. The Morgan fingerprint density at radius 1 is 1.04 bits per heavy atom. The average molecular weight is 354 g/mol. The van der Waals surface area contributed by atoms with E-state index in [-0.39, 0.29) is 24.3 Å². The lowest BCUT2D eigenvalue weighted by molar-refractivity contribution is -0.122. The molecule has 2 aromatic rings. The van der Waals surface area contributed by atoms with E-state index in [0.29, 0.717) is 13.2 Å². The van der Waals surface area contributed by atoms with Crippen LogP contribution in [0.3, 0.4) is 0 Å². The van der Waals surface area contributed by atoms with Gasteiger partial charge in [0.25, 0.3) is 0 Å². The van der Waals surface area contributed by atoms with Gasteiger partial charge in [-0.1, -0.05) is 54.1 Å². The summed E-state index contributed by atoms with van der Waals surface area (Å²) in [4.78, 5) is 23.9. The van der Waals surface area contributed by atoms with Crippen LogP contribution in [0.1, 0.15) is 41.6 Å². The summed E-state index contributed by atoms with van der Waals surface area (Å²) in [5.41, 5.74) is 4.12. The summed E-state index contributed by atoms with van der Waals surface area (Å²) in [6.45, 7) is 4.39. The normalized spacial score (nSPS) is 11.7. The highest BCUT2D eigenvalue weighted by molar-refractivity contribution is 5.79. The van der Waals surface area contributed by atoms with Gasteiger partial charge in [0.2, 0.25) is 11.8 Å². The number of ether oxygens (including phenoxy) is 1. The fraction of sp³-hybridized carbons (Fsp3) is 0.333. The van der Waals surface area contributed by atoms with Crippen molar-refractivity contribution in [3.8, 4) is 0 Å². The van der Waals surface area contributed by atoms with Gasteiger partial charge >= 0.3 is 0 Å². The molecule has 2 amide bonds. The SMILES string of the molecule is COCc1ccccc1CNC(=O)CC(NC(C)=O)c1ccc(C)cc1. The summed E-state index contributed by atoms with van der Waals surface area (Å²) < 4.78 is 5.19. The molecule has 0 saturated heterocycles. The fourth-order valence-electron chi connectivity index (χ4n) is 2.77. The van der Waals surface area contributed by atoms with Crippen LogP contribution in [-0.4, -0.2) is 18.9 Å². The molecule has 1 atom stereocenters. The van der Waals surface area contributed by atoms with Crippen molar-refractivity contribution in [1.29, 1.82) is 0 Å². The molecule has 0 aliphatic heterocycles. The maximum absolute atomic E-state index is 12.4. The number of benzene rings is 2. The minimum absolute atomic E-state index is 0.114. The molecule has 1 unspecified atom stereocenters. The Morgan fingerprint density at radius 2 is 1.69 bits per heavy atom. The van der Waals surface area contributed by atoms with Gasteiger partial charge in [-0.05, 0) is 23.6 Å². The predicted molar refractivity (Wildman–Crippen MR) is 101 cm³/mol. The van der Waals surface area contributed by atoms with Crippen LogP contribution in [0, 0.1) is 6.92 Å². The highest BCUT2D eigenvalue weighted by Crippen LogP contribution is 2.18. The molecule has 0 saturated carbocycles. The molecule has 0 spiro atoms. The number of carbonyl (C=O) groups is 2. The van der Waals surface area contributed by atoms with Crippen molar-refractivity contribution in [2.24, 2.45) is 0 Å². The molecule has 0 aliphatic carbocycles. The lowest BCUT2D eigenvalue weighted by atomic mass is 10.0. The second-order valence-electron chi connectivity index (χ2n) is 6.35. The molecule has 26 heavy (non-hydrogen) atoms. The summed E-state index contributed by atoms with van der Waals surface area (Å²) in [7, 11) is 1.65. The van der Waals surface area contributed by atoms with E-state index < -0.39 is 0 Å². The molecule has 5 nitrogen and oxygen atoms in total. The second kappa shape index (κ2) is 9.73. The first-order chi connectivity index (χ1) is 12.5. The summed E-state index contributed by atoms with van der Waals surface area (Å²) >= 11 is 0. The third-order valence-corrected chi connectivity index (χ3v) is 4.14. The fourth-order valence-corrected chi connectivity index (χ4v) is 2.77. The number of carbonyl (C=O) groups excluding carboxylic acids is 2. The van der Waals surface area contributed by atoms with Crippen LogP contribution in [0.25, 0.3) is 0 Å². The van der Waals surface area contributed by atoms with Crippen LogP contribution in [-0.2, 0) is 27.5 Å². The molecule has 0 aromatic heterocycles. The summed E-state index contributed by atoms with van der Waals surface area (Å²) in [5, 5.41) is 5.79. The van der Waals surface area contributed by atoms with E-state index in [9.17, 15) is 9.59 Å². The Hall–Kier alpha value is -2.66. The highest BCUT2D eigenvalue weighted by atomic mass is 16.5. The predicted octanol–water partition coefficient (Wildman–Crippen LogP) is 3.03. The minimum atomic E-state index is -0.345. The van der Waals surface area contributed by atoms with E-state index in [2.05, 4.69) is 10.6 Å². The smallest absolute Gasteiger partial charge is 0.222 e. The molecule has 2 aromatic carbocycles. The summed E-state index contributed by atoms with van der Waals surface area (Å²) in [6, 6.07) is 15.3. The van der Waals surface area contributed by atoms with E-state index in [0.717, 1.165) is 22.3 Å². The second-order valence-corrected chi connectivity index (χ2v) is 6.35. The van der Waals surface area contributed by atoms with Crippen molar-refractivity contribution in [1.82, 2.24) is 10.6 Å². The molecular formula is C21H26N2O3. The maximum atomic E-state index is 12.4. The summed E-state index contributed by atoms with van der Waals surface area (Å²) in [5.74, 6) is -0.273. The van der Waals surface area contributed by atoms with E-state index in [1.165, 1.54) is 6.92 Å². The standard InChI is InChI=1S/C21H26N2O3/c1-15-8-10-17(11-9-15)20(23-16(2)24)12-21(25)22-13-18-6-4-5-7-19(18)14-26-3/h4-11,20H,12-14H2,1-3H3,(H,22,25)(H,23,24). The van der Waals surface area contributed by atoms with E-state index in [1.807, 2.05) is 55.5 Å². The Bertz CT molecular complexity index is 741. The van der Waals surface area contributed by atoms with E-state index >= 15 is 0 Å². The Morgan fingerprint density at radius 3 is 2.31 bits per heavy atom. The molecule has 0 radical (unpaired) electrons. The highest BCUT2D eigenvalue weighted by Gasteiger charge is 2.17. The van der Waals surface area contributed by atoms with Crippen LogP contribution in [0.2, 0.25) is 0 Å². The molecule has 0 aliphatic rings. The van der Waals surface area contributed by atoms with Gasteiger partial charge < -0.3 is 15.4 Å². The Kier molecular flexibility index (Phi) is 7.36. The molecule has 0 heterocycles. The first kappa shape index (κ1) is 19.7. The lowest BCUT2D eigenvalue weighted by Gasteiger charge is -2.18. The number of methoxy groups -OCH3 is 1. The van der Waals surface area contributed by atoms with Gasteiger partial charge in [0.1, 0.15) is 0 Å². The van der Waals surface area contributed by atoms with Gasteiger partial charge in [-0.3, -0.25) is 9.59 Å². The van der Waals surface area contributed by atoms with E-state index in [4.69, 9.17) is 4.74 Å². The van der Waals surface area contributed by atoms with Crippen LogP contribution in [0.4, 0.5) is 0 Å². The van der Waals surface area contributed by atoms with Crippen molar-refractivity contribution < 1.29 is 14.3 Å². The van der Waals surface area contributed by atoms with Gasteiger partial charge in [0, 0.05) is 20.6 Å². The van der Waals surface area contributed by atoms with Gasteiger partial charge in [-0.2, -0.15) is 0 Å². The monoisotopic (exact) mass is 354 g/mol. The zero-order valence-electron chi connectivity index (χ0n) is 15.5. The molecule has 0 bridgehead atoms. The lowest BCUT2D eigenvalue weighted by Crippen LogP contribution is -2.32. The van der Waals surface area contributed by atoms with E-state index in [1.54, 1.807) is 7.11 Å². The van der Waals surface area contributed by atoms with Crippen molar-refractivity contribution in [2.75, 3.05) is 7.11 Å². The van der Waals surface area contributed by atoms with Crippen LogP contribution in [0.15, 0.2) is 48.5 Å². The van der Waals surface area contributed by atoms with Crippen molar-refractivity contribution in [2.45, 2.75) is 39.5 Å². The molecule has 2 N–H and O–H groups in total. The molecule has 0 fully saturated rings. The number of hydrogen-bond donors (Lipinski definition) is 2. The number of aryl methyl sites for hydroxylation is 1. The van der Waals surface area contributed by atoms with Crippen LogP contribution >= 0.6 is 0 Å². The van der Waals surface area contributed by atoms with Crippen molar-refractivity contribution in [3.05, 3.63) is 70.8 Å². The number of amides is 2. The minimum Gasteiger partial charge on any atom is -0.380 e. The molecule has 5 heteroatoms. The number of nitrogens with one attached hydrogen (secondary N) is 2. The third-order valence-electron chi connectivity index (χ3n) is 4.14. The third kappa shape index (κ3) is 6.01. The topological polar surface area (TPSA) is 67.4 Å². The molecule has 2 rings (SSSR count). The first-order valence-electron chi connectivity index (χ1n) is 8.65. The Labute approximate surface area is 154 Å². The molecule has 138 valence electrons. The van der Waals surface area contributed by atoms with Gasteiger partial charge in [0.05, 0.1) is 19.1 Å². The largest absolute Gasteiger partial charge is 0.380 e. The number of rotatable bonds is 8. The van der Waals surface area contributed by atoms with Crippen LogP contribution < -0.4 is 10.6 Å². The zero-order chi connectivity index (χ0) is 18.9. The Balaban J connectivity index is 2.01. The first-order valence-corrected chi connectivity index (χ1v) is 8.65. The van der Waals surface area contributed by atoms with Crippen molar-refractivity contribution in [3.63, 3.8) is 0 Å². The van der Waals surface area contributed by atoms with Gasteiger partial charge in [-0.25, -0.2) is 0 Å². The quantitative estimate of drug-likeness (QED) is 0.766. The number of hydrogen-bond acceptors (Lipinski definition) is 3. The van der Waals surface area contributed by atoms with Crippen molar-refractivity contribution >= 4 is 11.8 Å². The zero-order valence-corrected chi connectivity index (χ0v) is 15.5. The molecular weight excluding hydrogens is 328 g/mol. The summed E-state index contributed by atoms with van der Waals surface area (Å²) in [6.07, 6.45) is 0.190. The van der Waals surface area contributed by atoms with Gasteiger partial charge in [0.15, 0.2) is 0 Å². The van der Waals surface area contributed by atoms with Gasteiger partial charge in [-0.15, -0.1) is 0 Å². The van der Waals surface area contributed by atoms with Crippen LogP contribution in [0.5, 0.6) is 0 Å². The maximum Gasteiger partial charge on any atom is 0.222 e.